The molecule has 21 heavy (non-hydrogen) atoms. The fourth-order valence-electron chi connectivity index (χ4n) is 2.04. The highest BCUT2D eigenvalue weighted by atomic mass is 79.9. The molecule has 0 fully saturated rings. The molecule has 0 radical (unpaired) electrons. The number of hydrogen-bond acceptors (Lipinski definition) is 3. The topological polar surface area (TPSA) is 41.5 Å². The number of nitrogens with one attached hydrogen (secondary N) is 1. The third-order valence-electron chi connectivity index (χ3n) is 3.12. The Labute approximate surface area is 141 Å². The van der Waals surface area contributed by atoms with Gasteiger partial charge in [0, 0.05) is 6.54 Å². The van der Waals surface area contributed by atoms with E-state index in [0.717, 1.165) is 34.2 Å². The van der Waals surface area contributed by atoms with Crippen molar-refractivity contribution in [1.82, 2.24) is 5.32 Å². The molecule has 0 saturated heterocycles. The van der Waals surface area contributed by atoms with Crippen molar-refractivity contribution in [3.63, 3.8) is 0 Å². The zero-order valence-corrected chi connectivity index (χ0v) is 14.9. The normalized spacial score (nSPS) is 10.6. The van der Waals surface area contributed by atoms with Crippen LogP contribution in [-0.4, -0.2) is 18.8 Å². The van der Waals surface area contributed by atoms with E-state index in [2.05, 4.69) is 49.3 Å². The lowest BCUT2D eigenvalue weighted by molar-refractivity contribution is 0.409. The summed E-state index contributed by atoms with van der Waals surface area (Å²) in [7, 11) is 1.65. The predicted molar refractivity (Wildman–Crippen MR) is 91.9 cm³/mol. The van der Waals surface area contributed by atoms with E-state index in [-0.39, 0.29) is 0 Å². The van der Waals surface area contributed by atoms with Crippen molar-refractivity contribution in [2.24, 2.45) is 0 Å². The number of halogens is 2. The molecule has 2 aromatic carbocycles. The molecule has 0 bridgehead atoms. The highest BCUT2D eigenvalue weighted by Crippen LogP contribution is 2.34. The SMILES string of the molecule is COc1c(Br)cc(CNCCc2ccc(O)cc2)cc1Br. The van der Waals surface area contributed by atoms with Crippen molar-refractivity contribution in [1.29, 1.82) is 0 Å². The molecule has 2 aromatic rings. The van der Waals surface area contributed by atoms with Gasteiger partial charge in [-0.25, -0.2) is 0 Å². The number of aromatic hydroxyl groups is 1. The lowest BCUT2D eigenvalue weighted by Gasteiger charge is -2.10. The van der Waals surface area contributed by atoms with Crippen LogP contribution in [0, 0.1) is 0 Å². The molecule has 0 unspecified atom stereocenters. The van der Waals surface area contributed by atoms with Gasteiger partial charge in [0.2, 0.25) is 0 Å². The van der Waals surface area contributed by atoms with Crippen LogP contribution >= 0.6 is 31.9 Å². The number of phenolic OH excluding ortho intramolecular Hbond substituents is 1. The van der Waals surface area contributed by atoms with Crippen LogP contribution in [0.3, 0.4) is 0 Å². The van der Waals surface area contributed by atoms with Gasteiger partial charge in [0.25, 0.3) is 0 Å². The van der Waals surface area contributed by atoms with Crippen molar-refractivity contribution in [3.05, 3.63) is 56.5 Å². The van der Waals surface area contributed by atoms with E-state index in [0.29, 0.717) is 5.75 Å². The third kappa shape index (κ3) is 4.73. The van der Waals surface area contributed by atoms with E-state index in [9.17, 15) is 5.11 Å². The summed E-state index contributed by atoms with van der Waals surface area (Å²) in [6.45, 7) is 1.67. The van der Waals surface area contributed by atoms with E-state index >= 15 is 0 Å². The number of methoxy groups -OCH3 is 1. The fraction of sp³-hybridized carbons (Fsp3) is 0.250. The highest BCUT2D eigenvalue weighted by molar-refractivity contribution is 9.11. The average Bonchev–Trinajstić information content (AvgIpc) is 2.45. The third-order valence-corrected chi connectivity index (χ3v) is 4.30. The first-order valence-electron chi connectivity index (χ1n) is 6.60. The molecule has 0 aliphatic heterocycles. The van der Waals surface area contributed by atoms with Gasteiger partial charge < -0.3 is 15.2 Å². The molecular formula is C16H17Br2NO2. The standard InChI is InChI=1S/C16H17Br2NO2/c1-21-16-14(17)8-12(9-15(16)18)10-19-7-6-11-2-4-13(20)5-3-11/h2-5,8-9,19-20H,6-7,10H2,1H3. The lowest BCUT2D eigenvalue weighted by Crippen LogP contribution is -2.16. The predicted octanol–water partition coefficient (Wildman–Crippen LogP) is 4.26. The molecule has 0 amide bonds. The summed E-state index contributed by atoms with van der Waals surface area (Å²) in [5, 5.41) is 12.6. The highest BCUT2D eigenvalue weighted by Gasteiger charge is 2.07. The van der Waals surface area contributed by atoms with Crippen LogP contribution in [0.5, 0.6) is 11.5 Å². The summed E-state index contributed by atoms with van der Waals surface area (Å²) in [6, 6.07) is 11.4. The van der Waals surface area contributed by atoms with Crippen molar-refractivity contribution < 1.29 is 9.84 Å². The zero-order valence-electron chi connectivity index (χ0n) is 11.7. The van der Waals surface area contributed by atoms with Crippen LogP contribution in [0.15, 0.2) is 45.3 Å². The van der Waals surface area contributed by atoms with Gasteiger partial charge in [-0.3, -0.25) is 0 Å². The largest absolute Gasteiger partial charge is 0.508 e. The quantitative estimate of drug-likeness (QED) is 0.694. The summed E-state index contributed by atoms with van der Waals surface area (Å²) in [6.07, 6.45) is 0.929. The second kappa shape index (κ2) is 7.82. The molecule has 0 saturated carbocycles. The van der Waals surface area contributed by atoms with Crippen molar-refractivity contribution >= 4 is 31.9 Å². The number of phenols is 1. The molecule has 0 aliphatic rings. The molecule has 0 heterocycles. The average molecular weight is 415 g/mol. The van der Waals surface area contributed by atoms with E-state index < -0.39 is 0 Å². The van der Waals surface area contributed by atoms with Gasteiger partial charge in [0.05, 0.1) is 16.1 Å². The maximum absolute atomic E-state index is 9.24. The van der Waals surface area contributed by atoms with Crippen molar-refractivity contribution in [3.8, 4) is 11.5 Å². The van der Waals surface area contributed by atoms with Crippen molar-refractivity contribution in [2.75, 3.05) is 13.7 Å². The van der Waals surface area contributed by atoms with Crippen LogP contribution in [0.25, 0.3) is 0 Å². The van der Waals surface area contributed by atoms with Crippen LogP contribution in [0.2, 0.25) is 0 Å². The monoisotopic (exact) mass is 413 g/mol. The molecular weight excluding hydrogens is 398 g/mol. The molecule has 0 aliphatic carbocycles. The first-order valence-corrected chi connectivity index (χ1v) is 8.19. The van der Waals surface area contributed by atoms with E-state index in [1.54, 1.807) is 19.2 Å². The zero-order chi connectivity index (χ0) is 15.2. The minimum absolute atomic E-state index is 0.305. The van der Waals surface area contributed by atoms with Gasteiger partial charge in [-0.05, 0) is 80.2 Å². The first-order chi connectivity index (χ1) is 10.1. The van der Waals surface area contributed by atoms with Gasteiger partial charge in [0.1, 0.15) is 11.5 Å². The smallest absolute Gasteiger partial charge is 0.147 e. The molecule has 5 heteroatoms. The van der Waals surface area contributed by atoms with Crippen LogP contribution < -0.4 is 10.1 Å². The van der Waals surface area contributed by atoms with Gasteiger partial charge in [-0.2, -0.15) is 0 Å². The summed E-state index contributed by atoms with van der Waals surface area (Å²) >= 11 is 7.01. The fourth-order valence-corrected chi connectivity index (χ4v) is 3.64. The summed E-state index contributed by atoms with van der Waals surface area (Å²) in [5.41, 5.74) is 2.39. The van der Waals surface area contributed by atoms with Gasteiger partial charge >= 0.3 is 0 Å². The number of hydrogen-bond donors (Lipinski definition) is 2. The second-order valence-electron chi connectivity index (χ2n) is 4.69. The Bertz CT molecular complexity index is 577. The van der Waals surface area contributed by atoms with Gasteiger partial charge in [-0.15, -0.1) is 0 Å². The Balaban J connectivity index is 1.85. The van der Waals surface area contributed by atoms with E-state index in [1.807, 2.05) is 12.1 Å². The summed E-state index contributed by atoms with van der Waals surface area (Å²) in [4.78, 5) is 0. The first kappa shape index (κ1) is 16.3. The van der Waals surface area contributed by atoms with E-state index in [1.165, 1.54) is 11.1 Å². The second-order valence-corrected chi connectivity index (χ2v) is 6.39. The number of rotatable bonds is 6. The Morgan fingerprint density at radius 2 is 1.67 bits per heavy atom. The Hall–Kier alpha value is -1.04. The molecule has 0 spiro atoms. The minimum Gasteiger partial charge on any atom is -0.508 e. The van der Waals surface area contributed by atoms with E-state index in [4.69, 9.17) is 4.74 Å². The maximum atomic E-state index is 9.24. The van der Waals surface area contributed by atoms with Gasteiger partial charge in [0.15, 0.2) is 0 Å². The Morgan fingerprint density at radius 3 is 2.24 bits per heavy atom. The van der Waals surface area contributed by atoms with Crippen LogP contribution in [-0.2, 0) is 13.0 Å². The van der Waals surface area contributed by atoms with Crippen LogP contribution in [0.1, 0.15) is 11.1 Å². The minimum atomic E-state index is 0.305. The summed E-state index contributed by atoms with van der Waals surface area (Å²) in [5.74, 6) is 1.11. The van der Waals surface area contributed by atoms with Crippen molar-refractivity contribution in [2.45, 2.75) is 13.0 Å². The Kier molecular flexibility index (Phi) is 6.08. The lowest BCUT2D eigenvalue weighted by atomic mass is 10.1. The molecule has 2 rings (SSSR count). The molecule has 0 atom stereocenters. The molecule has 112 valence electrons. The number of ether oxygens (including phenoxy) is 1. The maximum Gasteiger partial charge on any atom is 0.147 e. The molecule has 3 nitrogen and oxygen atoms in total. The Morgan fingerprint density at radius 1 is 1.05 bits per heavy atom. The summed E-state index contributed by atoms with van der Waals surface area (Å²) < 4.78 is 7.17. The van der Waals surface area contributed by atoms with Crippen LogP contribution in [0.4, 0.5) is 0 Å². The molecule has 2 N–H and O–H groups in total. The number of benzene rings is 2. The van der Waals surface area contributed by atoms with Gasteiger partial charge in [-0.1, -0.05) is 12.1 Å². The molecule has 0 aromatic heterocycles.